The number of aromatic nitrogens is 3. The summed E-state index contributed by atoms with van der Waals surface area (Å²) in [5, 5.41) is 24.6. The normalized spacial score (nSPS) is 10.6. The molecule has 0 aliphatic rings. The topological polar surface area (TPSA) is 115 Å². The fourth-order valence-corrected chi connectivity index (χ4v) is 2.17. The molecule has 9 heteroatoms. The second-order valence-electron chi connectivity index (χ2n) is 5.22. The fourth-order valence-electron chi connectivity index (χ4n) is 2.17. The van der Waals surface area contributed by atoms with E-state index in [9.17, 15) is 14.9 Å². The van der Waals surface area contributed by atoms with Gasteiger partial charge in [0.05, 0.1) is 16.3 Å². The van der Waals surface area contributed by atoms with E-state index in [0.29, 0.717) is 24.5 Å². The van der Waals surface area contributed by atoms with Gasteiger partial charge < -0.3 is 10.6 Å². The maximum absolute atomic E-state index is 12.2. The molecule has 0 atom stereocenters. The highest BCUT2D eigenvalue weighted by Gasteiger charge is 2.18. The van der Waals surface area contributed by atoms with Crippen molar-refractivity contribution in [3.05, 3.63) is 45.8 Å². The summed E-state index contributed by atoms with van der Waals surface area (Å²) >= 11 is 0. The van der Waals surface area contributed by atoms with Crippen LogP contribution in [0.15, 0.2) is 24.3 Å². The lowest BCUT2D eigenvalue weighted by Gasteiger charge is -2.06. The number of hydrogen-bond donors (Lipinski definition) is 2. The van der Waals surface area contributed by atoms with E-state index in [1.807, 2.05) is 0 Å². The molecule has 128 valence electrons. The van der Waals surface area contributed by atoms with E-state index in [4.69, 9.17) is 0 Å². The van der Waals surface area contributed by atoms with Gasteiger partial charge in [-0.1, -0.05) is 18.2 Å². The van der Waals surface area contributed by atoms with Crippen molar-refractivity contribution in [2.24, 2.45) is 0 Å². The number of nitrogens with zero attached hydrogens (tertiary/aromatic N) is 4. The first-order chi connectivity index (χ1) is 11.5. The first-order valence-corrected chi connectivity index (χ1v) is 7.70. The zero-order valence-corrected chi connectivity index (χ0v) is 13.7. The monoisotopic (exact) mass is 332 g/mol. The summed E-state index contributed by atoms with van der Waals surface area (Å²) in [7, 11) is 0. The Morgan fingerprint density at radius 3 is 2.83 bits per heavy atom. The lowest BCUT2D eigenvalue weighted by molar-refractivity contribution is -0.384. The molecule has 0 unspecified atom stereocenters. The van der Waals surface area contributed by atoms with Gasteiger partial charge in [-0.15, -0.1) is 5.10 Å². The van der Waals surface area contributed by atoms with Gasteiger partial charge in [-0.25, -0.2) is 4.68 Å². The molecule has 2 rings (SSSR count). The molecule has 0 saturated carbocycles. The Morgan fingerprint density at radius 2 is 2.12 bits per heavy atom. The first-order valence-electron chi connectivity index (χ1n) is 7.70. The second kappa shape index (κ2) is 8.16. The van der Waals surface area contributed by atoms with Crippen LogP contribution < -0.4 is 10.6 Å². The third-order valence-electron chi connectivity index (χ3n) is 3.41. The number of benzene rings is 1. The van der Waals surface area contributed by atoms with Gasteiger partial charge in [0.1, 0.15) is 0 Å². The van der Waals surface area contributed by atoms with Crippen LogP contribution in [0.5, 0.6) is 0 Å². The molecule has 0 aliphatic carbocycles. The Bertz CT molecular complexity index is 728. The molecule has 0 bridgehead atoms. The Balaban J connectivity index is 2.09. The molecule has 1 heterocycles. The molecule has 2 N–H and O–H groups in total. The van der Waals surface area contributed by atoms with Crippen molar-refractivity contribution < 1.29 is 9.72 Å². The average Bonchev–Trinajstić information content (AvgIpc) is 2.96. The molecule has 0 saturated heterocycles. The van der Waals surface area contributed by atoms with Gasteiger partial charge in [0.2, 0.25) is 0 Å². The third-order valence-corrected chi connectivity index (χ3v) is 3.41. The van der Waals surface area contributed by atoms with E-state index >= 15 is 0 Å². The van der Waals surface area contributed by atoms with Crippen LogP contribution in [-0.4, -0.2) is 45.5 Å². The number of amides is 1. The number of nitro benzene ring substituents is 1. The van der Waals surface area contributed by atoms with E-state index in [1.165, 1.54) is 16.8 Å². The molecular formula is C15H20N6O3. The van der Waals surface area contributed by atoms with E-state index in [2.05, 4.69) is 27.9 Å². The highest BCUT2D eigenvalue weighted by atomic mass is 16.6. The number of carbonyl (C=O) groups is 1. The molecule has 9 nitrogen and oxygen atoms in total. The number of non-ortho nitro benzene ring substituents is 1. The van der Waals surface area contributed by atoms with E-state index in [-0.39, 0.29) is 17.3 Å². The van der Waals surface area contributed by atoms with Crippen LogP contribution in [0.4, 0.5) is 5.69 Å². The number of rotatable bonds is 8. The van der Waals surface area contributed by atoms with Crippen molar-refractivity contribution >= 4 is 11.6 Å². The van der Waals surface area contributed by atoms with Gasteiger partial charge in [0, 0.05) is 25.2 Å². The number of nitrogens with one attached hydrogen (secondary N) is 2. The van der Waals surface area contributed by atoms with Crippen LogP contribution >= 0.6 is 0 Å². The van der Waals surface area contributed by atoms with Crippen LogP contribution in [0.25, 0.3) is 5.69 Å². The largest absolute Gasteiger partial charge is 0.349 e. The molecule has 0 fully saturated rings. The van der Waals surface area contributed by atoms with Gasteiger partial charge in [-0.3, -0.25) is 14.9 Å². The number of hydrogen-bond acceptors (Lipinski definition) is 6. The minimum absolute atomic E-state index is 0.0459. The Morgan fingerprint density at radius 1 is 1.33 bits per heavy atom. The Kier molecular flexibility index (Phi) is 5.96. The third kappa shape index (κ3) is 4.13. The Labute approximate surface area is 139 Å². The summed E-state index contributed by atoms with van der Waals surface area (Å²) in [6, 6.07) is 6.02. The van der Waals surface area contributed by atoms with Crippen molar-refractivity contribution in [2.75, 3.05) is 19.6 Å². The summed E-state index contributed by atoms with van der Waals surface area (Å²) in [5.74, 6) is -0.317. The quantitative estimate of drug-likeness (QED) is 0.426. The first kappa shape index (κ1) is 17.5. The maximum atomic E-state index is 12.2. The van der Waals surface area contributed by atoms with Gasteiger partial charge in [-0.05, 0) is 26.0 Å². The summed E-state index contributed by atoms with van der Waals surface area (Å²) in [4.78, 5) is 22.5. The van der Waals surface area contributed by atoms with Crippen molar-refractivity contribution in [3.8, 4) is 5.69 Å². The van der Waals surface area contributed by atoms with Crippen LogP contribution in [0.2, 0.25) is 0 Å². The summed E-state index contributed by atoms with van der Waals surface area (Å²) in [6.07, 6.45) is 1.03. The lowest BCUT2D eigenvalue weighted by atomic mass is 10.2. The summed E-state index contributed by atoms with van der Waals surface area (Å²) < 4.78 is 1.41. The minimum atomic E-state index is -0.479. The number of carbonyl (C=O) groups excluding carboxylic acids is 1. The Hall–Kier alpha value is -2.81. The van der Waals surface area contributed by atoms with Gasteiger partial charge in [-0.2, -0.15) is 0 Å². The summed E-state index contributed by atoms with van der Waals surface area (Å²) in [5.41, 5.74) is 1.17. The molecule has 0 aliphatic heterocycles. The fraction of sp³-hybridized carbons (Fsp3) is 0.400. The van der Waals surface area contributed by atoms with Gasteiger partial charge >= 0.3 is 0 Å². The molecule has 2 aromatic rings. The standard InChI is InChI=1S/C15H20N6O3/c1-3-7-16-8-9-17-15(22)14-11(2)20(19-18-14)12-5-4-6-13(10-12)21(23)24/h4-6,10,16H,3,7-9H2,1-2H3,(H,17,22). The highest BCUT2D eigenvalue weighted by Crippen LogP contribution is 2.18. The SMILES string of the molecule is CCCNCCNC(=O)c1nnn(-c2cccc([N+](=O)[O-])c2)c1C. The smallest absolute Gasteiger partial charge is 0.273 e. The molecule has 24 heavy (non-hydrogen) atoms. The van der Waals surface area contributed by atoms with Crippen molar-refractivity contribution in [1.29, 1.82) is 0 Å². The van der Waals surface area contributed by atoms with Gasteiger partial charge in [0.25, 0.3) is 11.6 Å². The van der Waals surface area contributed by atoms with Crippen LogP contribution in [0.3, 0.4) is 0 Å². The lowest BCUT2D eigenvalue weighted by Crippen LogP contribution is -2.32. The van der Waals surface area contributed by atoms with Crippen molar-refractivity contribution in [2.45, 2.75) is 20.3 Å². The predicted molar refractivity (Wildman–Crippen MR) is 88.2 cm³/mol. The van der Waals surface area contributed by atoms with Crippen LogP contribution in [0.1, 0.15) is 29.5 Å². The molecule has 0 spiro atoms. The van der Waals surface area contributed by atoms with Crippen LogP contribution in [0, 0.1) is 17.0 Å². The average molecular weight is 332 g/mol. The molecule has 1 aromatic carbocycles. The van der Waals surface area contributed by atoms with Crippen LogP contribution in [-0.2, 0) is 0 Å². The molecule has 0 radical (unpaired) electrons. The maximum Gasteiger partial charge on any atom is 0.273 e. The van der Waals surface area contributed by atoms with Crippen molar-refractivity contribution in [3.63, 3.8) is 0 Å². The van der Waals surface area contributed by atoms with E-state index < -0.39 is 4.92 Å². The molecule has 1 aromatic heterocycles. The minimum Gasteiger partial charge on any atom is -0.349 e. The predicted octanol–water partition coefficient (Wildman–Crippen LogP) is 1.21. The van der Waals surface area contributed by atoms with E-state index in [0.717, 1.165) is 13.0 Å². The molecular weight excluding hydrogens is 312 g/mol. The second-order valence-corrected chi connectivity index (χ2v) is 5.22. The van der Waals surface area contributed by atoms with Crippen molar-refractivity contribution in [1.82, 2.24) is 25.6 Å². The zero-order valence-electron chi connectivity index (χ0n) is 13.7. The zero-order chi connectivity index (χ0) is 17.5. The highest BCUT2D eigenvalue weighted by molar-refractivity contribution is 5.93. The van der Waals surface area contributed by atoms with Gasteiger partial charge in [0.15, 0.2) is 5.69 Å². The van der Waals surface area contributed by atoms with E-state index in [1.54, 1.807) is 19.1 Å². The molecule has 1 amide bonds. The number of nitro groups is 1. The summed E-state index contributed by atoms with van der Waals surface area (Å²) in [6.45, 7) is 5.84.